The zero-order valence-corrected chi connectivity index (χ0v) is 11.9. The maximum atomic E-state index is 12.5. The minimum Gasteiger partial charge on any atom is -0.508 e. The third kappa shape index (κ3) is 4.46. The number of piperidine rings is 1. The van der Waals surface area contributed by atoms with Gasteiger partial charge in [0.1, 0.15) is 5.75 Å². The topological polar surface area (TPSA) is 95.7 Å². The molecule has 0 radical (unpaired) electrons. The van der Waals surface area contributed by atoms with Crippen LogP contribution < -0.4 is 11.1 Å². The van der Waals surface area contributed by atoms with Gasteiger partial charge in [0.25, 0.3) is 0 Å². The lowest BCUT2D eigenvalue weighted by Crippen LogP contribution is -2.51. The van der Waals surface area contributed by atoms with Crippen molar-refractivity contribution in [3.63, 3.8) is 0 Å². The van der Waals surface area contributed by atoms with E-state index in [1.807, 2.05) is 0 Å². The Hall–Kier alpha value is -2.08. The second-order valence-electron chi connectivity index (χ2n) is 5.33. The van der Waals surface area contributed by atoms with Crippen LogP contribution in [0, 0.1) is 0 Å². The van der Waals surface area contributed by atoms with Crippen LogP contribution in [0.15, 0.2) is 24.3 Å². The van der Waals surface area contributed by atoms with Crippen LogP contribution in [0.5, 0.6) is 5.75 Å². The minimum absolute atomic E-state index is 0.00365. The molecule has 0 bridgehead atoms. The molecule has 2 amide bonds. The summed E-state index contributed by atoms with van der Waals surface area (Å²) in [4.78, 5) is 25.3. The van der Waals surface area contributed by atoms with Crippen molar-refractivity contribution in [1.82, 2.24) is 10.2 Å². The lowest BCUT2D eigenvalue weighted by molar-refractivity contribution is -0.137. The fourth-order valence-corrected chi connectivity index (χ4v) is 2.63. The SMILES string of the molecule is NC(=O)CN(C(=O)Cc1cccc(O)c1)C1CCCNC1. The van der Waals surface area contributed by atoms with Crippen molar-refractivity contribution in [3.05, 3.63) is 29.8 Å². The largest absolute Gasteiger partial charge is 0.508 e. The number of phenolic OH excluding ortho intramolecular Hbond substituents is 1. The minimum atomic E-state index is -0.509. The lowest BCUT2D eigenvalue weighted by Gasteiger charge is -2.34. The summed E-state index contributed by atoms with van der Waals surface area (Å²) in [7, 11) is 0. The van der Waals surface area contributed by atoms with E-state index >= 15 is 0 Å². The average molecular weight is 291 g/mol. The van der Waals surface area contributed by atoms with Gasteiger partial charge in [-0.3, -0.25) is 9.59 Å². The van der Waals surface area contributed by atoms with Gasteiger partial charge >= 0.3 is 0 Å². The molecule has 1 aliphatic heterocycles. The van der Waals surface area contributed by atoms with E-state index in [1.54, 1.807) is 29.2 Å². The predicted octanol–water partition coefficient (Wildman–Crippen LogP) is 0.000600. The molecule has 114 valence electrons. The van der Waals surface area contributed by atoms with E-state index in [2.05, 4.69) is 5.32 Å². The molecular formula is C15H21N3O3. The summed E-state index contributed by atoms with van der Waals surface area (Å²) in [5.74, 6) is -0.529. The zero-order valence-electron chi connectivity index (χ0n) is 11.9. The van der Waals surface area contributed by atoms with Crippen molar-refractivity contribution in [1.29, 1.82) is 0 Å². The molecule has 1 fully saturated rings. The fourth-order valence-electron chi connectivity index (χ4n) is 2.63. The monoisotopic (exact) mass is 291 g/mol. The van der Waals surface area contributed by atoms with E-state index in [9.17, 15) is 14.7 Å². The first kappa shape index (κ1) is 15.3. The van der Waals surface area contributed by atoms with Gasteiger partial charge < -0.3 is 21.1 Å². The third-order valence-electron chi connectivity index (χ3n) is 3.62. The van der Waals surface area contributed by atoms with Crippen molar-refractivity contribution >= 4 is 11.8 Å². The van der Waals surface area contributed by atoms with E-state index in [0.29, 0.717) is 6.54 Å². The van der Waals surface area contributed by atoms with Crippen LogP contribution in [-0.2, 0) is 16.0 Å². The second-order valence-corrected chi connectivity index (χ2v) is 5.33. The Morgan fingerprint density at radius 2 is 2.24 bits per heavy atom. The Kier molecular flexibility index (Phi) is 5.16. The lowest BCUT2D eigenvalue weighted by atomic mass is 10.0. The Bertz CT molecular complexity index is 513. The van der Waals surface area contributed by atoms with E-state index in [0.717, 1.165) is 24.9 Å². The number of nitrogens with one attached hydrogen (secondary N) is 1. The van der Waals surface area contributed by atoms with Crippen LogP contribution in [-0.4, -0.2) is 47.5 Å². The Labute approximate surface area is 123 Å². The number of carbonyl (C=O) groups is 2. The van der Waals surface area contributed by atoms with Gasteiger partial charge in [0, 0.05) is 12.6 Å². The van der Waals surface area contributed by atoms with Crippen molar-refractivity contribution in [2.45, 2.75) is 25.3 Å². The van der Waals surface area contributed by atoms with E-state index in [4.69, 9.17) is 5.73 Å². The molecular weight excluding hydrogens is 270 g/mol. The number of amides is 2. The van der Waals surface area contributed by atoms with E-state index < -0.39 is 5.91 Å². The van der Waals surface area contributed by atoms with Gasteiger partial charge in [-0.1, -0.05) is 12.1 Å². The van der Waals surface area contributed by atoms with Crippen molar-refractivity contribution in [2.24, 2.45) is 5.73 Å². The smallest absolute Gasteiger partial charge is 0.237 e. The molecule has 1 aliphatic rings. The summed E-state index contributed by atoms with van der Waals surface area (Å²) in [6.07, 6.45) is 1.99. The van der Waals surface area contributed by atoms with Crippen LogP contribution in [0.25, 0.3) is 0 Å². The summed E-state index contributed by atoms with van der Waals surface area (Å²) in [5, 5.41) is 12.7. The molecule has 1 unspecified atom stereocenters. The Morgan fingerprint density at radius 1 is 1.43 bits per heavy atom. The van der Waals surface area contributed by atoms with Gasteiger partial charge in [-0.05, 0) is 37.1 Å². The van der Waals surface area contributed by atoms with Gasteiger partial charge in [-0.15, -0.1) is 0 Å². The molecule has 0 saturated carbocycles. The number of rotatable bonds is 5. The number of hydrogen-bond acceptors (Lipinski definition) is 4. The first-order valence-electron chi connectivity index (χ1n) is 7.12. The number of hydrogen-bond donors (Lipinski definition) is 3. The van der Waals surface area contributed by atoms with Gasteiger partial charge in [-0.25, -0.2) is 0 Å². The number of phenols is 1. The normalized spacial score (nSPS) is 18.2. The van der Waals surface area contributed by atoms with Crippen LogP contribution in [0.4, 0.5) is 0 Å². The molecule has 4 N–H and O–H groups in total. The molecule has 0 spiro atoms. The van der Waals surface area contributed by atoms with Crippen LogP contribution in [0.2, 0.25) is 0 Å². The average Bonchev–Trinajstić information content (AvgIpc) is 2.45. The quantitative estimate of drug-likeness (QED) is 0.711. The van der Waals surface area contributed by atoms with Gasteiger partial charge in [-0.2, -0.15) is 0 Å². The number of nitrogens with zero attached hydrogens (tertiary/aromatic N) is 1. The van der Waals surface area contributed by atoms with Gasteiger partial charge in [0.2, 0.25) is 11.8 Å². The van der Waals surface area contributed by atoms with E-state index in [1.165, 1.54) is 0 Å². The summed E-state index contributed by atoms with van der Waals surface area (Å²) in [6.45, 7) is 1.55. The van der Waals surface area contributed by atoms with Gasteiger partial charge in [0.05, 0.1) is 13.0 Å². The molecule has 2 rings (SSSR count). The van der Waals surface area contributed by atoms with Crippen molar-refractivity contribution in [3.8, 4) is 5.75 Å². The zero-order chi connectivity index (χ0) is 15.2. The summed E-state index contributed by atoms with van der Waals surface area (Å²) in [5.41, 5.74) is 5.98. The summed E-state index contributed by atoms with van der Waals surface area (Å²) in [6, 6.07) is 6.58. The Balaban J connectivity index is 2.07. The molecule has 1 heterocycles. The molecule has 1 aromatic carbocycles. The van der Waals surface area contributed by atoms with Crippen molar-refractivity contribution in [2.75, 3.05) is 19.6 Å². The first-order chi connectivity index (χ1) is 10.1. The van der Waals surface area contributed by atoms with Gasteiger partial charge in [0.15, 0.2) is 0 Å². The predicted molar refractivity (Wildman–Crippen MR) is 78.6 cm³/mol. The summed E-state index contributed by atoms with van der Waals surface area (Å²) < 4.78 is 0. The van der Waals surface area contributed by atoms with Crippen LogP contribution in [0.1, 0.15) is 18.4 Å². The maximum absolute atomic E-state index is 12.5. The number of benzene rings is 1. The highest BCUT2D eigenvalue weighted by Crippen LogP contribution is 2.15. The molecule has 1 aromatic rings. The highest BCUT2D eigenvalue weighted by Gasteiger charge is 2.26. The molecule has 6 heteroatoms. The fraction of sp³-hybridized carbons (Fsp3) is 0.467. The van der Waals surface area contributed by atoms with Crippen LogP contribution >= 0.6 is 0 Å². The number of carbonyl (C=O) groups excluding carboxylic acids is 2. The molecule has 6 nitrogen and oxygen atoms in total. The molecule has 1 atom stereocenters. The number of aromatic hydroxyl groups is 1. The Morgan fingerprint density at radius 3 is 2.86 bits per heavy atom. The van der Waals surface area contributed by atoms with E-state index in [-0.39, 0.29) is 30.7 Å². The molecule has 21 heavy (non-hydrogen) atoms. The standard InChI is InChI=1S/C15H21N3O3/c16-14(20)10-18(12-4-2-6-17-9-12)15(21)8-11-3-1-5-13(19)7-11/h1,3,5,7,12,17,19H,2,4,6,8-10H2,(H2,16,20). The summed E-state index contributed by atoms with van der Waals surface area (Å²) >= 11 is 0. The maximum Gasteiger partial charge on any atom is 0.237 e. The third-order valence-corrected chi connectivity index (χ3v) is 3.62. The molecule has 0 aliphatic carbocycles. The highest BCUT2D eigenvalue weighted by atomic mass is 16.3. The highest BCUT2D eigenvalue weighted by molar-refractivity contribution is 5.85. The molecule has 1 saturated heterocycles. The van der Waals surface area contributed by atoms with Crippen molar-refractivity contribution < 1.29 is 14.7 Å². The second kappa shape index (κ2) is 7.08. The number of nitrogens with two attached hydrogens (primary N) is 1. The first-order valence-corrected chi connectivity index (χ1v) is 7.12. The van der Waals surface area contributed by atoms with Crippen LogP contribution in [0.3, 0.4) is 0 Å². The number of primary amides is 1. The molecule has 0 aromatic heterocycles.